The lowest BCUT2D eigenvalue weighted by Gasteiger charge is -2.36. The van der Waals surface area contributed by atoms with Crippen LogP contribution in [0.1, 0.15) is 39.6 Å². The number of nitrogens with zero attached hydrogens (tertiary/aromatic N) is 2. The number of aromatic nitrogens is 2. The molecule has 3 heterocycles. The highest BCUT2D eigenvalue weighted by Gasteiger charge is 2.29. The predicted octanol–water partition coefficient (Wildman–Crippen LogP) is 3.80. The average Bonchev–Trinajstić information content (AvgIpc) is 3.36. The van der Waals surface area contributed by atoms with E-state index in [-0.39, 0.29) is 11.9 Å². The van der Waals surface area contributed by atoms with E-state index < -0.39 is 0 Å². The first kappa shape index (κ1) is 17.9. The maximum atomic E-state index is 13.2. The fraction of sp³-hybridized carbons (Fsp3) is 0.333. The lowest BCUT2D eigenvalue weighted by molar-refractivity contribution is 0.0629. The number of aromatic amines is 1. The van der Waals surface area contributed by atoms with Crippen LogP contribution in [0.2, 0.25) is 0 Å². The summed E-state index contributed by atoms with van der Waals surface area (Å²) in [5.74, 6) is 0.0410. The number of amides is 1. The van der Waals surface area contributed by atoms with Gasteiger partial charge in [0.05, 0.1) is 16.7 Å². The van der Waals surface area contributed by atoms with Crippen molar-refractivity contribution in [3.8, 4) is 11.3 Å². The minimum absolute atomic E-state index is 0.0410. The molecule has 1 fully saturated rings. The Morgan fingerprint density at radius 3 is 2.85 bits per heavy atom. The molecule has 0 spiro atoms. The van der Waals surface area contributed by atoms with E-state index in [1.807, 2.05) is 29.5 Å². The van der Waals surface area contributed by atoms with Crippen LogP contribution in [0.15, 0.2) is 41.9 Å². The zero-order valence-corrected chi connectivity index (χ0v) is 16.5. The molecule has 3 aromatic rings. The largest absolute Gasteiger partial charge is 0.357 e. The molecule has 0 bridgehead atoms. The molecule has 0 radical (unpaired) electrons. The number of carbonyl (C=O) groups excluding carboxylic acids is 1. The van der Waals surface area contributed by atoms with Gasteiger partial charge in [-0.2, -0.15) is 0 Å². The molecule has 1 unspecified atom stereocenters. The van der Waals surface area contributed by atoms with Crippen molar-refractivity contribution in [2.45, 2.75) is 26.3 Å². The van der Waals surface area contributed by atoms with E-state index >= 15 is 0 Å². The molecule has 4 rings (SSSR count). The number of piperazine rings is 1. The summed E-state index contributed by atoms with van der Waals surface area (Å²) >= 11 is 1.62. The van der Waals surface area contributed by atoms with Crippen molar-refractivity contribution in [3.05, 3.63) is 63.7 Å². The van der Waals surface area contributed by atoms with Crippen LogP contribution in [0.4, 0.5) is 0 Å². The summed E-state index contributed by atoms with van der Waals surface area (Å²) in [6.07, 6.45) is 2.89. The highest BCUT2D eigenvalue weighted by molar-refractivity contribution is 7.09. The van der Waals surface area contributed by atoms with Crippen LogP contribution in [0.5, 0.6) is 0 Å². The van der Waals surface area contributed by atoms with Gasteiger partial charge in [-0.25, -0.2) is 4.98 Å². The van der Waals surface area contributed by atoms with Gasteiger partial charge < -0.3 is 15.2 Å². The van der Waals surface area contributed by atoms with Crippen molar-refractivity contribution in [2.75, 3.05) is 19.6 Å². The van der Waals surface area contributed by atoms with E-state index in [0.29, 0.717) is 12.2 Å². The van der Waals surface area contributed by atoms with Crippen LogP contribution < -0.4 is 5.32 Å². The summed E-state index contributed by atoms with van der Waals surface area (Å²) in [5, 5.41) is 6.47. The highest BCUT2D eigenvalue weighted by atomic mass is 32.1. The average molecular weight is 381 g/mol. The Labute approximate surface area is 163 Å². The first-order chi connectivity index (χ1) is 13.2. The Morgan fingerprint density at radius 1 is 1.33 bits per heavy atom. The van der Waals surface area contributed by atoms with Gasteiger partial charge in [-0.05, 0) is 30.5 Å². The molecule has 2 aromatic heterocycles. The second kappa shape index (κ2) is 7.66. The molecule has 27 heavy (non-hydrogen) atoms. The maximum absolute atomic E-state index is 13.2. The second-order valence-electron chi connectivity index (χ2n) is 6.87. The van der Waals surface area contributed by atoms with Crippen LogP contribution in [0.3, 0.4) is 0 Å². The zero-order chi connectivity index (χ0) is 18.8. The number of carbonyl (C=O) groups is 1. The van der Waals surface area contributed by atoms with Crippen LogP contribution in [-0.4, -0.2) is 40.4 Å². The summed E-state index contributed by atoms with van der Waals surface area (Å²) in [4.78, 5) is 22.8. The van der Waals surface area contributed by atoms with E-state index in [2.05, 4.69) is 46.5 Å². The van der Waals surface area contributed by atoms with E-state index in [4.69, 9.17) is 0 Å². The van der Waals surface area contributed by atoms with Crippen LogP contribution in [-0.2, 0) is 6.42 Å². The smallest absolute Gasteiger partial charge is 0.270 e. The third-order valence-corrected chi connectivity index (χ3v) is 5.88. The molecule has 1 aliphatic heterocycles. The molecule has 5 nitrogen and oxygen atoms in total. The van der Waals surface area contributed by atoms with Gasteiger partial charge >= 0.3 is 0 Å². The Bertz CT molecular complexity index is 928. The topological polar surface area (TPSA) is 61.0 Å². The van der Waals surface area contributed by atoms with E-state index in [1.165, 1.54) is 11.1 Å². The third-order valence-electron chi connectivity index (χ3n) is 5.11. The molecule has 6 heteroatoms. The first-order valence-electron chi connectivity index (χ1n) is 9.37. The van der Waals surface area contributed by atoms with Gasteiger partial charge in [-0.15, -0.1) is 11.3 Å². The molecule has 1 aromatic carbocycles. The van der Waals surface area contributed by atoms with E-state index in [0.717, 1.165) is 35.8 Å². The lowest BCUT2D eigenvalue weighted by atomic mass is 10.0. The Balaban J connectivity index is 1.58. The molecular formula is C21H24N4OS. The summed E-state index contributed by atoms with van der Waals surface area (Å²) < 4.78 is 0. The standard InChI is InChI=1S/C21H24N4OS/c1-3-15-4-6-16(7-5-15)20-12-22-8-9-25(20)21(26)18-10-17(11-23-18)19-13-27-14(2)24-19/h4-7,10-11,13,20,22-23H,3,8-9,12H2,1-2H3. The van der Waals surface area contributed by atoms with Crippen molar-refractivity contribution in [1.29, 1.82) is 0 Å². The number of hydrogen-bond acceptors (Lipinski definition) is 4. The number of hydrogen-bond donors (Lipinski definition) is 2. The summed E-state index contributed by atoms with van der Waals surface area (Å²) in [6, 6.07) is 10.6. The Hall–Kier alpha value is -2.44. The molecular weight excluding hydrogens is 356 g/mol. The van der Waals surface area contributed by atoms with E-state index in [9.17, 15) is 4.79 Å². The van der Waals surface area contributed by atoms with Gasteiger partial charge in [-0.3, -0.25) is 4.79 Å². The zero-order valence-electron chi connectivity index (χ0n) is 15.7. The fourth-order valence-corrected chi connectivity index (χ4v) is 4.16. The predicted molar refractivity (Wildman–Crippen MR) is 109 cm³/mol. The quantitative estimate of drug-likeness (QED) is 0.724. The third kappa shape index (κ3) is 3.68. The number of thiazole rings is 1. The molecule has 1 aliphatic rings. The summed E-state index contributed by atoms with van der Waals surface area (Å²) in [7, 11) is 0. The number of nitrogens with one attached hydrogen (secondary N) is 2. The summed E-state index contributed by atoms with van der Waals surface area (Å²) in [6.45, 7) is 6.43. The number of aryl methyl sites for hydroxylation is 2. The monoisotopic (exact) mass is 380 g/mol. The van der Waals surface area contributed by atoms with Gasteiger partial charge in [0.15, 0.2) is 0 Å². The lowest BCUT2D eigenvalue weighted by Crippen LogP contribution is -2.48. The number of benzene rings is 1. The number of rotatable bonds is 4. The fourth-order valence-electron chi connectivity index (χ4n) is 3.54. The Kier molecular flexibility index (Phi) is 5.09. The van der Waals surface area contributed by atoms with Crippen molar-refractivity contribution in [1.82, 2.24) is 20.2 Å². The van der Waals surface area contributed by atoms with Crippen molar-refractivity contribution in [3.63, 3.8) is 0 Å². The van der Waals surface area contributed by atoms with Crippen LogP contribution in [0.25, 0.3) is 11.3 Å². The SMILES string of the molecule is CCc1ccc(C2CNCCN2C(=O)c2cc(-c3csc(C)n3)c[nH]2)cc1. The van der Waals surface area contributed by atoms with Gasteiger partial charge in [0.1, 0.15) is 5.69 Å². The van der Waals surface area contributed by atoms with Crippen LogP contribution >= 0.6 is 11.3 Å². The molecule has 140 valence electrons. The normalized spacial score (nSPS) is 17.3. The van der Waals surface area contributed by atoms with Gasteiger partial charge in [0, 0.05) is 36.8 Å². The summed E-state index contributed by atoms with van der Waals surface area (Å²) in [5.41, 5.74) is 4.98. The van der Waals surface area contributed by atoms with Crippen LogP contribution in [0, 0.1) is 6.92 Å². The van der Waals surface area contributed by atoms with Gasteiger partial charge in [-0.1, -0.05) is 31.2 Å². The second-order valence-corrected chi connectivity index (χ2v) is 7.93. The molecule has 2 N–H and O–H groups in total. The molecule has 1 amide bonds. The highest BCUT2D eigenvalue weighted by Crippen LogP contribution is 2.27. The Morgan fingerprint density at radius 2 is 2.15 bits per heavy atom. The maximum Gasteiger partial charge on any atom is 0.270 e. The molecule has 1 saturated heterocycles. The van der Waals surface area contributed by atoms with Crippen molar-refractivity contribution < 1.29 is 4.79 Å². The van der Waals surface area contributed by atoms with Gasteiger partial charge in [0.2, 0.25) is 0 Å². The molecule has 1 atom stereocenters. The minimum Gasteiger partial charge on any atom is -0.357 e. The van der Waals surface area contributed by atoms with E-state index in [1.54, 1.807) is 11.3 Å². The molecule has 0 aliphatic carbocycles. The number of H-pyrrole nitrogens is 1. The van der Waals surface area contributed by atoms with Crippen molar-refractivity contribution in [2.24, 2.45) is 0 Å². The minimum atomic E-state index is 0.0410. The van der Waals surface area contributed by atoms with Crippen molar-refractivity contribution >= 4 is 17.2 Å². The van der Waals surface area contributed by atoms with Gasteiger partial charge in [0.25, 0.3) is 5.91 Å². The molecule has 0 saturated carbocycles. The first-order valence-corrected chi connectivity index (χ1v) is 10.2.